The molecule has 0 aromatic heterocycles. The van der Waals surface area contributed by atoms with Crippen molar-refractivity contribution >= 4 is 21.7 Å². The fourth-order valence-electron chi connectivity index (χ4n) is 3.31. The third-order valence-electron chi connectivity index (χ3n) is 4.35. The minimum absolute atomic E-state index is 0.00666. The van der Waals surface area contributed by atoms with E-state index < -0.39 is 11.7 Å². The molecule has 0 fully saturated rings. The van der Waals surface area contributed by atoms with Gasteiger partial charge in [0.15, 0.2) is 5.78 Å². The molecule has 0 bridgehead atoms. The van der Waals surface area contributed by atoms with Gasteiger partial charge in [0.2, 0.25) is 5.88 Å². The number of halogens is 2. The van der Waals surface area contributed by atoms with Crippen molar-refractivity contribution in [1.82, 2.24) is 0 Å². The lowest BCUT2D eigenvalue weighted by atomic mass is 9.70. The van der Waals surface area contributed by atoms with E-state index in [1.54, 1.807) is 12.1 Å². The molecule has 0 spiro atoms. The summed E-state index contributed by atoms with van der Waals surface area (Å²) in [4.78, 5) is 12.8. The number of allylic oxidation sites excluding steroid dienone is 3. The first-order chi connectivity index (χ1) is 11.2. The number of carbonyl (C=O) groups excluding carboxylic acids is 1. The molecular formula is C18H16BrFN2O2. The molecule has 1 heterocycles. The molecule has 0 radical (unpaired) electrons. The summed E-state index contributed by atoms with van der Waals surface area (Å²) >= 11 is 3.15. The maximum Gasteiger partial charge on any atom is 0.205 e. The molecule has 0 saturated carbocycles. The Morgan fingerprint density at radius 2 is 2.12 bits per heavy atom. The molecule has 3 rings (SSSR count). The van der Waals surface area contributed by atoms with Crippen LogP contribution in [0.15, 0.2) is 45.5 Å². The summed E-state index contributed by atoms with van der Waals surface area (Å²) in [6, 6.07) is 6.49. The molecule has 4 nitrogen and oxygen atoms in total. The number of ketones is 1. The summed E-state index contributed by atoms with van der Waals surface area (Å²) in [7, 11) is 0. The Balaban J connectivity index is 2.20. The number of benzene rings is 1. The lowest BCUT2D eigenvalue weighted by Gasteiger charge is -2.37. The zero-order valence-electron chi connectivity index (χ0n) is 13.3. The van der Waals surface area contributed by atoms with E-state index >= 15 is 0 Å². The Hall–Kier alpha value is -2.13. The number of carbonyl (C=O) groups is 1. The van der Waals surface area contributed by atoms with Crippen molar-refractivity contribution in [2.75, 3.05) is 0 Å². The lowest BCUT2D eigenvalue weighted by molar-refractivity contribution is -0.119. The Kier molecular flexibility index (Phi) is 4.00. The second-order valence-corrected chi connectivity index (χ2v) is 7.73. The van der Waals surface area contributed by atoms with Gasteiger partial charge in [-0.25, -0.2) is 4.39 Å². The van der Waals surface area contributed by atoms with E-state index in [0.717, 1.165) is 0 Å². The van der Waals surface area contributed by atoms with Crippen LogP contribution in [0.4, 0.5) is 4.39 Å². The Labute approximate surface area is 147 Å². The summed E-state index contributed by atoms with van der Waals surface area (Å²) in [5.74, 6) is -0.580. The van der Waals surface area contributed by atoms with Crippen molar-refractivity contribution in [3.05, 3.63) is 56.8 Å². The van der Waals surface area contributed by atoms with Crippen LogP contribution in [0, 0.1) is 22.6 Å². The topological polar surface area (TPSA) is 76.1 Å². The van der Waals surface area contributed by atoms with Gasteiger partial charge in [0.25, 0.3) is 0 Å². The van der Waals surface area contributed by atoms with Crippen LogP contribution in [-0.2, 0) is 9.53 Å². The highest BCUT2D eigenvalue weighted by molar-refractivity contribution is 9.10. The van der Waals surface area contributed by atoms with Crippen LogP contribution >= 0.6 is 15.9 Å². The monoisotopic (exact) mass is 390 g/mol. The second-order valence-electron chi connectivity index (χ2n) is 6.88. The van der Waals surface area contributed by atoms with Crippen LogP contribution in [0.3, 0.4) is 0 Å². The molecule has 124 valence electrons. The van der Waals surface area contributed by atoms with Gasteiger partial charge in [0.05, 0.1) is 10.4 Å². The van der Waals surface area contributed by atoms with Crippen LogP contribution < -0.4 is 5.73 Å². The molecule has 0 unspecified atom stereocenters. The molecule has 0 saturated heterocycles. The third kappa shape index (κ3) is 2.73. The second kappa shape index (κ2) is 5.75. The van der Waals surface area contributed by atoms with Gasteiger partial charge in [-0.2, -0.15) is 5.26 Å². The maximum absolute atomic E-state index is 13.6. The van der Waals surface area contributed by atoms with Crippen molar-refractivity contribution in [3.63, 3.8) is 0 Å². The average molecular weight is 391 g/mol. The van der Waals surface area contributed by atoms with E-state index in [2.05, 4.69) is 15.9 Å². The van der Waals surface area contributed by atoms with E-state index in [1.807, 2.05) is 19.9 Å². The van der Waals surface area contributed by atoms with Gasteiger partial charge in [0, 0.05) is 18.4 Å². The molecule has 6 heteroatoms. The van der Waals surface area contributed by atoms with E-state index in [0.29, 0.717) is 29.7 Å². The molecule has 0 amide bonds. The number of hydrogen-bond donors (Lipinski definition) is 1. The normalized spacial score (nSPS) is 22.8. The van der Waals surface area contributed by atoms with E-state index in [-0.39, 0.29) is 27.1 Å². The van der Waals surface area contributed by atoms with Crippen LogP contribution in [0.5, 0.6) is 0 Å². The first kappa shape index (κ1) is 16.7. The van der Waals surface area contributed by atoms with E-state index in [1.165, 1.54) is 6.07 Å². The SMILES string of the molecule is CC1(C)CC(=O)C2=C(C1)OC(N)=C(C#N)[C@H]2c1ccc(F)c(Br)c1. The smallest absolute Gasteiger partial charge is 0.205 e. The number of ether oxygens (including phenoxy) is 1. The molecule has 1 aromatic carbocycles. The Morgan fingerprint density at radius 1 is 1.42 bits per heavy atom. The zero-order valence-corrected chi connectivity index (χ0v) is 14.9. The number of nitrogens with two attached hydrogens (primary N) is 1. The number of rotatable bonds is 1. The fraction of sp³-hybridized carbons (Fsp3) is 0.333. The summed E-state index contributed by atoms with van der Waals surface area (Å²) < 4.78 is 19.5. The van der Waals surface area contributed by atoms with Crippen molar-refractivity contribution in [2.24, 2.45) is 11.1 Å². The highest BCUT2D eigenvalue weighted by Crippen LogP contribution is 2.48. The first-order valence-corrected chi connectivity index (χ1v) is 8.31. The summed E-state index contributed by atoms with van der Waals surface area (Å²) in [5, 5.41) is 9.51. The minimum Gasteiger partial charge on any atom is -0.444 e. The molecule has 1 aliphatic heterocycles. The fourth-order valence-corrected chi connectivity index (χ4v) is 3.71. The summed E-state index contributed by atoms with van der Waals surface area (Å²) in [6.45, 7) is 3.97. The third-order valence-corrected chi connectivity index (χ3v) is 4.96. The largest absolute Gasteiger partial charge is 0.444 e. The Bertz CT molecular complexity index is 849. The van der Waals surface area contributed by atoms with Gasteiger partial charge in [-0.3, -0.25) is 4.79 Å². The number of hydrogen-bond acceptors (Lipinski definition) is 4. The predicted molar refractivity (Wildman–Crippen MR) is 89.8 cm³/mol. The number of nitriles is 1. The minimum atomic E-state index is -0.626. The van der Waals surface area contributed by atoms with Crippen molar-refractivity contribution in [2.45, 2.75) is 32.6 Å². The molecule has 1 aromatic rings. The first-order valence-electron chi connectivity index (χ1n) is 7.52. The van der Waals surface area contributed by atoms with Crippen molar-refractivity contribution in [1.29, 1.82) is 5.26 Å². The highest BCUT2D eigenvalue weighted by atomic mass is 79.9. The highest BCUT2D eigenvalue weighted by Gasteiger charge is 2.42. The van der Waals surface area contributed by atoms with Gasteiger partial charge in [-0.15, -0.1) is 0 Å². The zero-order chi connectivity index (χ0) is 17.6. The van der Waals surface area contributed by atoms with Crippen LogP contribution in [0.25, 0.3) is 0 Å². The quantitative estimate of drug-likeness (QED) is 0.784. The standard InChI is InChI=1S/C18H16BrFN2O2/c1-18(2)6-13(23)16-14(7-18)24-17(22)10(8-21)15(16)9-3-4-12(20)11(19)5-9/h3-5,15H,6-7,22H2,1-2H3/t15-/m1/s1. The molecule has 2 N–H and O–H groups in total. The van der Waals surface area contributed by atoms with Crippen molar-refractivity contribution < 1.29 is 13.9 Å². The van der Waals surface area contributed by atoms with E-state index in [4.69, 9.17) is 10.5 Å². The van der Waals surface area contributed by atoms with Gasteiger partial charge in [-0.1, -0.05) is 19.9 Å². The van der Waals surface area contributed by atoms with Gasteiger partial charge >= 0.3 is 0 Å². The van der Waals surface area contributed by atoms with Crippen LogP contribution in [0.1, 0.15) is 38.2 Å². The lowest BCUT2D eigenvalue weighted by Crippen LogP contribution is -2.33. The molecule has 1 aliphatic carbocycles. The molecule has 24 heavy (non-hydrogen) atoms. The van der Waals surface area contributed by atoms with Crippen LogP contribution in [0.2, 0.25) is 0 Å². The van der Waals surface area contributed by atoms with Crippen LogP contribution in [-0.4, -0.2) is 5.78 Å². The van der Waals surface area contributed by atoms with Crippen molar-refractivity contribution in [3.8, 4) is 6.07 Å². The number of nitrogens with zero attached hydrogens (tertiary/aromatic N) is 1. The summed E-state index contributed by atoms with van der Waals surface area (Å²) in [5.41, 5.74) is 6.97. The molecule has 1 atom stereocenters. The average Bonchev–Trinajstić information content (AvgIpc) is 2.47. The Morgan fingerprint density at radius 3 is 2.75 bits per heavy atom. The molecular weight excluding hydrogens is 375 g/mol. The van der Waals surface area contributed by atoms with Gasteiger partial charge in [-0.05, 0) is 39.0 Å². The summed E-state index contributed by atoms with van der Waals surface area (Å²) in [6.07, 6.45) is 0.930. The predicted octanol–water partition coefficient (Wildman–Crippen LogP) is 4.04. The van der Waals surface area contributed by atoms with Gasteiger partial charge in [0.1, 0.15) is 23.2 Å². The number of Topliss-reactive ketones (excluding diaryl/α,β-unsaturated/α-hetero) is 1. The van der Waals surface area contributed by atoms with E-state index in [9.17, 15) is 14.4 Å². The maximum atomic E-state index is 13.6. The molecule has 2 aliphatic rings. The van der Waals surface area contributed by atoms with Gasteiger partial charge < -0.3 is 10.5 Å².